The fourth-order valence-electron chi connectivity index (χ4n) is 3.82. The average molecular weight is 557 g/mol. The molecule has 2 aromatic heterocycles. The van der Waals surface area contributed by atoms with Gasteiger partial charge in [-0.05, 0) is 57.0 Å². The van der Waals surface area contributed by atoms with E-state index in [2.05, 4.69) is 63.8 Å². The first-order valence-electron chi connectivity index (χ1n) is 11.2. The number of nitrogens with one attached hydrogen (secondary N) is 3. The van der Waals surface area contributed by atoms with Crippen LogP contribution in [0.25, 0.3) is 16.7 Å². The number of aliphatic imine (C=N–C) groups is 1. The number of guanidine groups is 1. The summed E-state index contributed by atoms with van der Waals surface area (Å²) in [5.74, 6) is 1.84. The number of aromatic nitrogens is 4. The molecule has 0 unspecified atom stereocenters. The Hall–Kier alpha value is -2.88. The minimum atomic E-state index is 0. The van der Waals surface area contributed by atoms with Crippen molar-refractivity contribution in [3.63, 3.8) is 0 Å². The summed E-state index contributed by atoms with van der Waals surface area (Å²) in [7, 11) is 0. The molecule has 4 rings (SSSR count). The number of benzene rings is 2. The van der Waals surface area contributed by atoms with Gasteiger partial charge in [-0.2, -0.15) is 5.10 Å². The van der Waals surface area contributed by atoms with Crippen molar-refractivity contribution in [2.45, 2.75) is 40.2 Å². The highest BCUT2D eigenvalue weighted by atomic mass is 127. The molecule has 7 nitrogen and oxygen atoms in total. The molecule has 0 saturated heterocycles. The van der Waals surface area contributed by atoms with Gasteiger partial charge in [-0.3, -0.25) is 0 Å². The molecule has 0 fully saturated rings. The third kappa shape index (κ3) is 6.34. The Morgan fingerprint density at radius 3 is 2.61 bits per heavy atom. The van der Waals surface area contributed by atoms with Gasteiger partial charge in [0.05, 0.1) is 29.0 Å². The summed E-state index contributed by atoms with van der Waals surface area (Å²) in [5, 5.41) is 11.4. The smallest absolute Gasteiger partial charge is 0.191 e. The molecule has 3 N–H and O–H groups in total. The quantitative estimate of drug-likeness (QED) is 0.127. The number of aromatic amines is 1. The fourth-order valence-corrected chi connectivity index (χ4v) is 3.82. The molecule has 0 radical (unpaired) electrons. The molecule has 4 aromatic rings. The second-order valence-electron chi connectivity index (χ2n) is 7.89. The van der Waals surface area contributed by atoms with E-state index in [0.29, 0.717) is 6.54 Å². The van der Waals surface area contributed by atoms with Crippen LogP contribution in [-0.2, 0) is 13.0 Å². The first-order valence-corrected chi connectivity index (χ1v) is 11.2. The largest absolute Gasteiger partial charge is 0.357 e. The standard InChI is InChI=1S/C25H31N7.HI/c1-4-26-25(27-15-9-14-24-29-21-11-6-7-12-22(21)30-24)28-17-20-10-5-8-13-23(20)32-19(3)16-18(2)31-32;/h5-8,10-13,16H,4,9,14-15,17H2,1-3H3,(H,29,30)(H2,26,27,28);1H. The van der Waals surface area contributed by atoms with Gasteiger partial charge in [0.15, 0.2) is 5.96 Å². The lowest BCUT2D eigenvalue weighted by Crippen LogP contribution is -2.37. The third-order valence-electron chi connectivity index (χ3n) is 5.30. The lowest BCUT2D eigenvalue weighted by Gasteiger charge is -2.13. The van der Waals surface area contributed by atoms with E-state index in [1.165, 1.54) is 0 Å². The highest BCUT2D eigenvalue weighted by Crippen LogP contribution is 2.18. The summed E-state index contributed by atoms with van der Waals surface area (Å²) in [6, 6.07) is 18.5. The van der Waals surface area contributed by atoms with Crippen LogP contribution in [0.3, 0.4) is 0 Å². The maximum Gasteiger partial charge on any atom is 0.191 e. The van der Waals surface area contributed by atoms with Crippen molar-refractivity contribution >= 4 is 41.0 Å². The van der Waals surface area contributed by atoms with Gasteiger partial charge in [0, 0.05) is 25.2 Å². The van der Waals surface area contributed by atoms with Gasteiger partial charge in [-0.15, -0.1) is 24.0 Å². The zero-order chi connectivity index (χ0) is 22.3. The fraction of sp³-hybridized carbons (Fsp3) is 0.320. The number of aryl methyl sites for hydroxylation is 3. The SMILES string of the molecule is CCNC(=NCc1ccccc1-n1nc(C)cc1C)NCCCc1nc2ccccc2[nH]1.I. The van der Waals surface area contributed by atoms with Crippen LogP contribution in [0.2, 0.25) is 0 Å². The van der Waals surface area contributed by atoms with Crippen LogP contribution in [0.1, 0.15) is 36.1 Å². The number of H-pyrrole nitrogens is 1. The molecule has 8 heteroatoms. The lowest BCUT2D eigenvalue weighted by atomic mass is 10.2. The van der Waals surface area contributed by atoms with Gasteiger partial charge < -0.3 is 15.6 Å². The van der Waals surface area contributed by atoms with Gasteiger partial charge in [0.1, 0.15) is 5.82 Å². The highest BCUT2D eigenvalue weighted by Gasteiger charge is 2.09. The number of rotatable bonds is 8. The van der Waals surface area contributed by atoms with E-state index >= 15 is 0 Å². The molecule has 0 atom stereocenters. The average Bonchev–Trinajstić information content (AvgIpc) is 3.36. The lowest BCUT2D eigenvalue weighted by molar-refractivity contribution is 0.726. The topological polar surface area (TPSA) is 82.9 Å². The molecule has 2 aromatic carbocycles. The summed E-state index contributed by atoms with van der Waals surface area (Å²) in [5.41, 5.74) is 6.45. The molecular weight excluding hydrogens is 525 g/mol. The van der Waals surface area contributed by atoms with E-state index in [1.54, 1.807) is 0 Å². The van der Waals surface area contributed by atoms with Crippen LogP contribution in [0.15, 0.2) is 59.6 Å². The van der Waals surface area contributed by atoms with Gasteiger partial charge in [-0.25, -0.2) is 14.7 Å². The zero-order valence-electron chi connectivity index (χ0n) is 19.4. The van der Waals surface area contributed by atoms with Crippen molar-refractivity contribution in [3.8, 4) is 5.69 Å². The molecule has 174 valence electrons. The number of fused-ring (bicyclic) bond motifs is 1. The first-order chi connectivity index (χ1) is 15.6. The van der Waals surface area contributed by atoms with E-state index in [1.807, 2.05) is 41.9 Å². The van der Waals surface area contributed by atoms with Crippen molar-refractivity contribution in [3.05, 3.63) is 77.4 Å². The number of hydrogen-bond acceptors (Lipinski definition) is 3. The van der Waals surface area contributed by atoms with Crippen molar-refractivity contribution in [2.24, 2.45) is 4.99 Å². The molecule has 0 amide bonds. The Morgan fingerprint density at radius 2 is 1.85 bits per heavy atom. The summed E-state index contributed by atoms with van der Waals surface area (Å²) in [6.07, 6.45) is 1.86. The summed E-state index contributed by atoms with van der Waals surface area (Å²) in [6.45, 7) is 8.38. The monoisotopic (exact) mass is 557 g/mol. The van der Waals surface area contributed by atoms with Gasteiger partial charge >= 0.3 is 0 Å². The third-order valence-corrected chi connectivity index (χ3v) is 5.30. The Kier molecular flexibility index (Phi) is 8.87. The highest BCUT2D eigenvalue weighted by molar-refractivity contribution is 14.0. The Balaban J connectivity index is 0.00000306. The maximum atomic E-state index is 4.82. The minimum absolute atomic E-state index is 0. The number of hydrogen-bond donors (Lipinski definition) is 3. The van der Waals surface area contributed by atoms with E-state index in [-0.39, 0.29) is 24.0 Å². The molecule has 0 bridgehead atoms. The molecule has 0 aliphatic carbocycles. The minimum Gasteiger partial charge on any atom is -0.357 e. The predicted molar refractivity (Wildman–Crippen MR) is 146 cm³/mol. The molecule has 2 heterocycles. The molecule has 0 saturated carbocycles. The van der Waals surface area contributed by atoms with Gasteiger partial charge in [-0.1, -0.05) is 30.3 Å². The Bertz CT molecular complexity index is 1180. The van der Waals surface area contributed by atoms with Gasteiger partial charge in [0.25, 0.3) is 0 Å². The predicted octanol–water partition coefficient (Wildman–Crippen LogP) is 4.67. The van der Waals surface area contributed by atoms with E-state index in [9.17, 15) is 0 Å². The van der Waals surface area contributed by atoms with E-state index in [4.69, 9.17) is 4.99 Å². The van der Waals surface area contributed by atoms with Gasteiger partial charge in [0.2, 0.25) is 0 Å². The molecule has 0 aliphatic heterocycles. The second-order valence-corrected chi connectivity index (χ2v) is 7.89. The van der Waals surface area contributed by atoms with Crippen molar-refractivity contribution in [2.75, 3.05) is 13.1 Å². The van der Waals surface area contributed by atoms with Crippen LogP contribution in [0.5, 0.6) is 0 Å². The molecule has 0 spiro atoms. The summed E-state index contributed by atoms with van der Waals surface area (Å²) >= 11 is 0. The van der Waals surface area contributed by atoms with Crippen LogP contribution in [0.4, 0.5) is 0 Å². The van der Waals surface area contributed by atoms with E-state index in [0.717, 1.165) is 71.4 Å². The van der Waals surface area contributed by atoms with Crippen LogP contribution < -0.4 is 10.6 Å². The number of nitrogens with zero attached hydrogens (tertiary/aromatic N) is 4. The number of imidazole rings is 1. The van der Waals surface area contributed by atoms with Crippen LogP contribution >= 0.6 is 24.0 Å². The molecule has 0 aliphatic rings. The Labute approximate surface area is 212 Å². The zero-order valence-corrected chi connectivity index (χ0v) is 21.8. The second kappa shape index (κ2) is 11.8. The number of para-hydroxylation sites is 3. The summed E-state index contributed by atoms with van der Waals surface area (Å²) in [4.78, 5) is 12.9. The number of halogens is 1. The van der Waals surface area contributed by atoms with Crippen LogP contribution in [-0.4, -0.2) is 38.8 Å². The van der Waals surface area contributed by atoms with Crippen LogP contribution in [0, 0.1) is 13.8 Å². The maximum absolute atomic E-state index is 4.82. The van der Waals surface area contributed by atoms with E-state index < -0.39 is 0 Å². The normalized spacial score (nSPS) is 11.4. The van der Waals surface area contributed by atoms with Crippen molar-refractivity contribution in [1.29, 1.82) is 0 Å². The van der Waals surface area contributed by atoms with Crippen molar-refractivity contribution in [1.82, 2.24) is 30.4 Å². The Morgan fingerprint density at radius 1 is 1.06 bits per heavy atom. The van der Waals surface area contributed by atoms with Crippen molar-refractivity contribution < 1.29 is 0 Å². The first kappa shape index (κ1) is 24.8. The molecule has 33 heavy (non-hydrogen) atoms. The molecular formula is C25H32IN7. The summed E-state index contributed by atoms with van der Waals surface area (Å²) < 4.78 is 1.99.